The first-order valence-corrected chi connectivity index (χ1v) is 8.63. The molecule has 0 fully saturated rings. The lowest BCUT2D eigenvalue weighted by Crippen LogP contribution is -2.20. The summed E-state index contributed by atoms with van der Waals surface area (Å²) in [6.45, 7) is 9.23. The normalized spacial score (nSPS) is 11.4. The third kappa shape index (κ3) is 18.5. The van der Waals surface area contributed by atoms with Crippen LogP contribution < -0.4 is 5.32 Å². The van der Waals surface area contributed by atoms with Gasteiger partial charge < -0.3 is 24.3 Å². The zero-order valence-corrected chi connectivity index (χ0v) is 13.6. The Kier molecular flexibility index (Phi) is 17.0. The van der Waals surface area contributed by atoms with Gasteiger partial charge in [-0.15, -0.1) is 11.7 Å². The molecular formula is C12H27NO4S2. The summed E-state index contributed by atoms with van der Waals surface area (Å²) in [6, 6.07) is 0. The van der Waals surface area contributed by atoms with Crippen molar-refractivity contribution in [2.75, 3.05) is 58.7 Å². The summed E-state index contributed by atoms with van der Waals surface area (Å²) in [4.78, 5) is 0. The first kappa shape index (κ1) is 19.5. The molecule has 19 heavy (non-hydrogen) atoms. The number of hydrogen-bond acceptors (Lipinski definition) is 7. The zero-order valence-electron chi connectivity index (χ0n) is 11.9. The van der Waals surface area contributed by atoms with Gasteiger partial charge in [-0.1, -0.05) is 10.8 Å². The van der Waals surface area contributed by atoms with E-state index in [1.165, 1.54) is 10.8 Å². The van der Waals surface area contributed by atoms with Gasteiger partial charge in [0.1, 0.15) is 0 Å². The highest BCUT2D eigenvalue weighted by atomic mass is 33.1. The van der Waals surface area contributed by atoms with Gasteiger partial charge in [-0.25, -0.2) is 0 Å². The molecule has 1 N–H and O–H groups in total. The predicted molar refractivity (Wildman–Crippen MR) is 83.0 cm³/mol. The molecule has 0 aromatic rings. The molecule has 0 saturated carbocycles. The van der Waals surface area contributed by atoms with Crippen LogP contribution in [0, 0.1) is 0 Å². The number of hydrogen-bond donors (Lipinski definition) is 2. The average Bonchev–Trinajstić information content (AvgIpc) is 2.39. The van der Waals surface area contributed by atoms with Crippen molar-refractivity contribution in [3.05, 3.63) is 0 Å². The Morgan fingerprint density at radius 1 is 0.895 bits per heavy atom. The molecular weight excluding hydrogens is 286 g/mol. The Bertz CT molecular complexity index is 176. The first-order valence-electron chi connectivity index (χ1n) is 6.59. The van der Waals surface area contributed by atoms with Gasteiger partial charge in [0.2, 0.25) is 0 Å². The molecule has 0 aliphatic rings. The van der Waals surface area contributed by atoms with E-state index in [1.807, 2.05) is 13.8 Å². The lowest BCUT2D eigenvalue weighted by atomic mass is 10.5. The predicted octanol–water partition coefficient (Wildman–Crippen LogP) is 1.59. The summed E-state index contributed by atoms with van der Waals surface area (Å²) in [5.41, 5.74) is 0. The van der Waals surface area contributed by atoms with Gasteiger partial charge in [0, 0.05) is 6.54 Å². The van der Waals surface area contributed by atoms with E-state index in [2.05, 4.69) is 17.0 Å². The van der Waals surface area contributed by atoms with Crippen molar-refractivity contribution in [1.29, 1.82) is 0 Å². The summed E-state index contributed by atoms with van der Waals surface area (Å²) in [6.07, 6.45) is 0.262. The summed E-state index contributed by atoms with van der Waals surface area (Å²) < 4.78 is 21.4. The smallest absolute Gasteiger partial charge is 0.0703 e. The highest BCUT2D eigenvalue weighted by Crippen LogP contribution is 1.99. The Morgan fingerprint density at radius 3 is 1.95 bits per heavy atom. The maximum atomic E-state index is 5.37. The molecule has 0 aromatic carbocycles. The van der Waals surface area contributed by atoms with Crippen LogP contribution in [-0.4, -0.2) is 64.8 Å². The van der Waals surface area contributed by atoms with E-state index in [0.717, 1.165) is 12.4 Å². The molecule has 0 rings (SSSR count). The van der Waals surface area contributed by atoms with Crippen LogP contribution in [0.2, 0.25) is 0 Å². The monoisotopic (exact) mass is 313 g/mol. The van der Waals surface area contributed by atoms with E-state index in [4.69, 9.17) is 18.9 Å². The third-order valence-corrected chi connectivity index (χ3v) is 2.73. The van der Waals surface area contributed by atoms with E-state index in [1.54, 1.807) is 0 Å². The van der Waals surface area contributed by atoms with Crippen LogP contribution in [0.15, 0.2) is 0 Å². The summed E-state index contributed by atoms with van der Waals surface area (Å²) in [7, 11) is 1.47. The molecule has 7 heteroatoms. The summed E-state index contributed by atoms with van der Waals surface area (Å²) in [5.74, 6) is 0.834. The Hall–Kier alpha value is 0.500. The molecule has 5 nitrogen and oxygen atoms in total. The maximum Gasteiger partial charge on any atom is 0.0703 e. The van der Waals surface area contributed by atoms with Crippen LogP contribution >= 0.6 is 22.5 Å². The van der Waals surface area contributed by atoms with E-state index < -0.39 is 0 Å². The highest BCUT2D eigenvalue weighted by molar-refractivity contribution is 8.68. The van der Waals surface area contributed by atoms with Gasteiger partial charge in [0.15, 0.2) is 0 Å². The first-order chi connectivity index (χ1) is 9.27. The molecule has 0 bridgehead atoms. The molecule has 0 saturated heterocycles. The fraction of sp³-hybridized carbons (Fsp3) is 1.00. The molecule has 0 amide bonds. The highest BCUT2D eigenvalue weighted by Gasteiger charge is 1.94. The second-order valence-corrected chi connectivity index (χ2v) is 5.35. The Labute approximate surface area is 125 Å². The van der Waals surface area contributed by atoms with Crippen molar-refractivity contribution in [3.8, 4) is 0 Å². The van der Waals surface area contributed by atoms with Gasteiger partial charge in [0.25, 0.3) is 0 Å². The van der Waals surface area contributed by atoms with E-state index >= 15 is 0 Å². The van der Waals surface area contributed by atoms with Gasteiger partial charge in [0.05, 0.1) is 58.2 Å². The lowest BCUT2D eigenvalue weighted by molar-refractivity contribution is -0.0114. The number of thiol groups is 1. The molecule has 0 unspecified atom stereocenters. The second-order valence-electron chi connectivity index (χ2n) is 4.03. The Balaban J connectivity index is 2.91. The van der Waals surface area contributed by atoms with Crippen molar-refractivity contribution in [3.63, 3.8) is 0 Å². The number of nitrogens with one attached hydrogen (secondary N) is 1. The fourth-order valence-corrected chi connectivity index (χ4v) is 1.66. The fourth-order valence-electron chi connectivity index (χ4n) is 1.15. The average molecular weight is 313 g/mol. The van der Waals surface area contributed by atoms with Crippen LogP contribution in [0.1, 0.15) is 13.8 Å². The SMILES string of the molecule is CC(C)OCCOCCOCCOCCNCSS. The van der Waals surface area contributed by atoms with Gasteiger partial charge in [-0.3, -0.25) is 0 Å². The van der Waals surface area contributed by atoms with Crippen LogP contribution in [-0.2, 0) is 18.9 Å². The zero-order chi connectivity index (χ0) is 14.2. The molecule has 0 heterocycles. The quantitative estimate of drug-likeness (QED) is 0.207. The van der Waals surface area contributed by atoms with Crippen LogP contribution in [0.3, 0.4) is 0 Å². The minimum atomic E-state index is 0.262. The van der Waals surface area contributed by atoms with Crippen molar-refractivity contribution in [2.45, 2.75) is 20.0 Å². The second kappa shape index (κ2) is 16.6. The summed E-state index contributed by atoms with van der Waals surface area (Å²) >= 11 is 4.02. The van der Waals surface area contributed by atoms with Gasteiger partial charge in [-0.05, 0) is 13.8 Å². The van der Waals surface area contributed by atoms with Crippen molar-refractivity contribution in [2.24, 2.45) is 0 Å². The molecule has 0 aromatic heterocycles. The van der Waals surface area contributed by atoms with E-state index in [9.17, 15) is 0 Å². The van der Waals surface area contributed by atoms with Gasteiger partial charge in [-0.2, -0.15) is 0 Å². The number of ether oxygens (including phenoxy) is 4. The minimum Gasteiger partial charge on any atom is -0.378 e. The molecule has 0 atom stereocenters. The largest absolute Gasteiger partial charge is 0.378 e. The van der Waals surface area contributed by atoms with E-state index in [0.29, 0.717) is 46.2 Å². The topological polar surface area (TPSA) is 49.0 Å². The van der Waals surface area contributed by atoms with Crippen molar-refractivity contribution < 1.29 is 18.9 Å². The lowest BCUT2D eigenvalue weighted by Gasteiger charge is -2.09. The molecule has 0 radical (unpaired) electrons. The molecule has 0 aliphatic heterocycles. The van der Waals surface area contributed by atoms with Gasteiger partial charge >= 0.3 is 0 Å². The minimum absolute atomic E-state index is 0.262. The summed E-state index contributed by atoms with van der Waals surface area (Å²) in [5, 5.41) is 3.16. The maximum absolute atomic E-state index is 5.37. The molecule has 116 valence electrons. The molecule has 0 aliphatic carbocycles. The molecule has 0 spiro atoms. The van der Waals surface area contributed by atoms with E-state index in [-0.39, 0.29) is 6.10 Å². The van der Waals surface area contributed by atoms with Crippen LogP contribution in [0.25, 0.3) is 0 Å². The van der Waals surface area contributed by atoms with Crippen LogP contribution in [0.4, 0.5) is 0 Å². The van der Waals surface area contributed by atoms with Crippen LogP contribution in [0.5, 0.6) is 0 Å². The third-order valence-electron chi connectivity index (χ3n) is 2.01. The van der Waals surface area contributed by atoms with Crippen molar-refractivity contribution >= 4 is 22.5 Å². The number of rotatable bonds is 15. The van der Waals surface area contributed by atoms with Crippen molar-refractivity contribution in [1.82, 2.24) is 5.32 Å². The standard InChI is InChI=1S/C12H27NO4S2/c1-12(2)17-10-9-16-8-7-15-6-5-14-4-3-13-11-19-18/h12-13,18H,3-11H2,1-2H3. The Morgan fingerprint density at radius 2 is 1.42 bits per heavy atom.